The Hall–Kier alpha value is -2.39. The summed E-state index contributed by atoms with van der Waals surface area (Å²) < 4.78 is 49.1. The van der Waals surface area contributed by atoms with Crippen LogP contribution in [0.1, 0.15) is 43.9 Å². The fourth-order valence-electron chi connectivity index (χ4n) is 3.09. The second kappa shape index (κ2) is 9.18. The highest BCUT2D eigenvalue weighted by Crippen LogP contribution is 2.29. The average Bonchev–Trinajstić information content (AvgIpc) is 2.64. The molecule has 0 radical (unpaired) electrons. The Morgan fingerprint density at radius 2 is 1.50 bits per heavy atom. The summed E-state index contributed by atoms with van der Waals surface area (Å²) in [7, 11) is -6.99. The molecule has 1 atom stereocenters. The number of nitrogens with one attached hydrogen (secondary N) is 1. The highest BCUT2D eigenvalue weighted by molar-refractivity contribution is 7.92. The Morgan fingerprint density at radius 1 is 0.933 bits per heavy atom. The van der Waals surface area contributed by atoms with Crippen LogP contribution in [0.2, 0.25) is 0 Å². The van der Waals surface area contributed by atoms with Crippen molar-refractivity contribution in [1.29, 1.82) is 0 Å². The molecule has 0 saturated carbocycles. The van der Waals surface area contributed by atoms with E-state index in [1.54, 1.807) is 31.2 Å². The van der Waals surface area contributed by atoms with E-state index in [9.17, 15) is 21.6 Å². The van der Waals surface area contributed by atoms with Gasteiger partial charge in [-0.25, -0.2) is 16.8 Å². The number of sulfonamides is 1. The number of rotatable bonds is 8. The molecule has 7 nitrogen and oxygen atoms in total. The van der Waals surface area contributed by atoms with E-state index in [0.717, 1.165) is 22.4 Å². The fourth-order valence-corrected chi connectivity index (χ4v) is 4.59. The molecule has 0 aliphatic heterocycles. The number of nitrogens with zero attached hydrogens (tertiary/aromatic N) is 1. The first-order valence-electron chi connectivity index (χ1n) is 9.46. The quantitative estimate of drug-likeness (QED) is 0.664. The van der Waals surface area contributed by atoms with Gasteiger partial charge in [0.1, 0.15) is 6.54 Å². The van der Waals surface area contributed by atoms with Gasteiger partial charge in [0.25, 0.3) is 0 Å². The number of carbonyl (C=O) groups is 1. The third kappa shape index (κ3) is 6.06. The number of carbonyl (C=O) groups excluding carboxylic acids is 1. The monoisotopic (exact) mass is 452 g/mol. The van der Waals surface area contributed by atoms with E-state index in [1.165, 1.54) is 12.1 Å². The van der Waals surface area contributed by atoms with E-state index in [0.29, 0.717) is 11.3 Å². The van der Waals surface area contributed by atoms with Crippen molar-refractivity contribution in [2.24, 2.45) is 0 Å². The number of sulfone groups is 1. The number of para-hydroxylation sites is 1. The van der Waals surface area contributed by atoms with Crippen molar-refractivity contribution in [2.45, 2.75) is 37.6 Å². The predicted octanol–water partition coefficient (Wildman–Crippen LogP) is 2.86. The van der Waals surface area contributed by atoms with E-state index in [1.807, 2.05) is 26.0 Å². The molecule has 1 unspecified atom stereocenters. The first-order valence-corrected chi connectivity index (χ1v) is 13.2. The maximum Gasteiger partial charge on any atom is 0.241 e. The molecule has 0 aliphatic rings. The Balaban J connectivity index is 2.21. The highest BCUT2D eigenvalue weighted by Gasteiger charge is 2.24. The number of amides is 1. The van der Waals surface area contributed by atoms with Crippen LogP contribution in [0.5, 0.6) is 0 Å². The van der Waals surface area contributed by atoms with Gasteiger partial charge in [-0.15, -0.1) is 0 Å². The third-order valence-corrected chi connectivity index (χ3v) is 6.96. The van der Waals surface area contributed by atoms with Crippen molar-refractivity contribution in [2.75, 3.05) is 23.4 Å². The summed E-state index contributed by atoms with van der Waals surface area (Å²) in [5, 5.41) is 2.78. The first kappa shape index (κ1) is 23.9. The van der Waals surface area contributed by atoms with Crippen molar-refractivity contribution in [3.63, 3.8) is 0 Å². The third-order valence-electron chi connectivity index (χ3n) is 4.70. The molecule has 0 spiro atoms. The Kier molecular flexibility index (Phi) is 7.31. The van der Waals surface area contributed by atoms with Gasteiger partial charge >= 0.3 is 0 Å². The number of hydrogen-bond donors (Lipinski definition) is 1. The van der Waals surface area contributed by atoms with Crippen LogP contribution in [0.25, 0.3) is 0 Å². The highest BCUT2D eigenvalue weighted by atomic mass is 32.2. The molecule has 1 amide bonds. The average molecular weight is 453 g/mol. The van der Waals surface area contributed by atoms with Gasteiger partial charge in [0.15, 0.2) is 9.84 Å². The topological polar surface area (TPSA) is 101 Å². The standard InChI is InChI=1S/C21H28N2O5S2/c1-15(2)19-8-6-7-9-20(19)23(30(5,27)28)14-21(24)22-16(3)17-10-12-18(13-11-17)29(4,25)26/h6-13,15-16H,14H2,1-5H3,(H,22,24). The molecule has 0 bridgehead atoms. The van der Waals surface area contributed by atoms with Crippen LogP contribution < -0.4 is 9.62 Å². The smallest absolute Gasteiger partial charge is 0.241 e. The molecule has 1 N–H and O–H groups in total. The minimum absolute atomic E-state index is 0.0841. The molecule has 0 aromatic heterocycles. The van der Waals surface area contributed by atoms with Crippen LogP contribution in [0, 0.1) is 0 Å². The van der Waals surface area contributed by atoms with Gasteiger partial charge in [-0.3, -0.25) is 9.10 Å². The summed E-state index contributed by atoms with van der Waals surface area (Å²) in [6, 6.07) is 12.9. The second-order valence-electron chi connectivity index (χ2n) is 7.61. The van der Waals surface area contributed by atoms with Crippen LogP contribution >= 0.6 is 0 Å². The van der Waals surface area contributed by atoms with E-state index < -0.39 is 31.8 Å². The normalized spacial score (nSPS) is 13.1. The predicted molar refractivity (Wildman–Crippen MR) is 119 cm³/mol. The SMILES string of the molecule is CC(C)c1ccccc1N(CC(=O)NC(C)c1ccc(S(C)(=O)=O)cc1)S(C)(=O)=O. The van der Waals surface area contributed by atoms with Gasteiger partial charge in [-0.2, -0.15) is 0 Å². The van der Waals surface area contributed by atoms with E-state index >= 15 is 0 Å². The van der Waals surface area contributed by atoms with Crippen LogP contribution in [-0.2, 0) is 24.7 Å². The van der Waals surface area contributed by atoms with E-state index in [-0.39, 0.29) is 17.4 Å². The molecule has 0 fully saturated rings. The Morgan fingerprint density at radius 3 is 2.00 bits per heavy atom. The van der Waals surface area contributed by atoms with E-state index in [2.05, 4.69) is 5.32 Å². The lowest BCUT2D eigenvalue weighted by Gasteiger charge is -2.26. The molecule has 9 heteroatoms. The molecule has 2 aromatic rings. The van der Waals surface area contributed by atoms with Crippen LogP contribution in [-0.4, -0.2) is 41.8 Å². The van der Waals surface area contributed by atoms with Gasteiger partial charge in [0.2, 0.25) is 15.9 Å². The van der Waals surface area contributed by atoms with Crippen molar-refractivity contribution < 1.29 is 21.6 Å². The van der Waals surface area contributed by atoms with Gasteiger partial charge in [-0.1, -0.05) is 44.2 Å². The minimum Gasteiger partial charge on any atom is -0.348 e. The lowest BCUT2D eigenvalue weighted by Crippen LogP contribution is -2.41. The summed E-state index contributed by atoms with van der Waals surface area (Å²) in [5.41, 5.74) is 2.03. The molecule has 30 heavy (non-hydrogen) atoms. The molecule has 0 heterocycles. The van der Waals surface area contributed by atoms with Crippen molar-refractivity contribution in [3.8, 4) is 0 Å². The minimum atomic E-state index is -3.69. The van der Waals surface area contributed by atoms with Gasteiger partial charge in [0, 0.05) is 6.26 Å². The first-order chi connectivity index (χ1) is 13.8. The number of hydrogen-bond acceptors (Lipinski definition) is 5. The van der Waals surface area contributed by atoms with Gasteiger partial charge < -0.3 is 5.32 Å². The summed E-state index contributed by atoms with van der Waals surface area (Å²) in [5.74, 6) is -0.375. The molecule has 0 saturated heterocycles. The van der Waals surface area contributed by atoms with Crippen molar-refractivity contribution in [3.05, 3.63) is 59.7 Å². The zero-order valence-corrected chi connectivity index (χ0v) is 19.4. The second-order valence-corrected chi connectivity index (χ2v) is 11.5. The lowest BCUT2D eigenvalue weighted by atomic mass is 10.0. The molecular weight excluding hydrogens is 424 g/mol. The molecular formula is C21H28N2O5S2. The molecule has 164 valence electrons. The molecule has 0 aliphatic carbocycles. The van der Waals surface area contributed by atoms with Crippen molar-refractivity contribution in [1.82, 2.24) is 5.32 Å². The summed E-state index contributed by atoms with van der Waals surface area (Å²) in [6.45, 7) is 5.32. The van der Waals surface area contributed by atoms with Crippen LogP contribution in [0.4, 0.5) is 5.69 Å². The number of benzene rings is 2. The van der Waals surface area contributed by atoms with E-state index in [4.69, 9.17) is 0 Å². The van der Waals surface area contributed by atoms with Crippen LogP contribution in [0.3, 0.4) is 0 Å². The fraction of sp³-hybridized carbons (Fsp3) is 0.381. The Bertz CT molecular complexity index is 1110. The lowest BCUT2D eigenvalue weighted by molar-refractivity contribution is -0.120. The molecule has 2 rings (SSSR count). The summed E-state index contributed by atoms with van der Waals surface area (Å²) >= 11 is 0. The maximum absolute atomic E-state index is 12.7. The summed E-state index contributed by atoms with van der Waals surface area (Å²) in [4.78, 5) is 12.8. The number of anilines is 1. The Labute approximate surface area is 179 Å². The van der Waals surface area contributed by atoms with Crippen molar-refractivity contribution >= 4 is 31.5 Å². The maximum atomic E-state index is 12.7. The summed E-state index contributed by atoms with van der Waals surface area (Å²) in [6.07, 6.45) is 2.20. The van der Waals surface area contributed by atoms with Crippen LogP contribution in [0.15, 0.2) is 53.4 Å². The van der Waals surface area contributed by atoms with Gasteiger partial charge in [-0.05, 0) is 42.2 Å². The largest absolute Gasteiger partial charge is 0.348 e. The molecule has 2 aromatic carbocycles. The van der Waals surface area contributed by atoms with Gasteiger partial charge in [0.05, 0.1) is 22.9 Å². The zero-order valence-electron chi connectivity index (χ0n) is 17.8. The zero-order chi connectivity index (χ0) is 22.7.